The largest absolute Gasteiger partial charge is 0.389 e. The Hall–Kier alpha value is -0.240. The van der Waals surface area contributed by atoms with Crippen LogP contribution in [0, 0.1) is 0 Å². The van der Waals surface area contributed by atoms with Crippen LogP contribution in [0.25, 0.3) is 0 Å². The maximum absolute atomic E-state index is 10.7. The molecule has 3 N–H and O–H groups in total. The lowest BCUT2D eigenvalue weighted by molar-refractivity contribution is -0.273. The minimum absolute atomic E-state index is 0.213. The molecular formula is C23H47NO5. The quantitative estimate of drug-likeness (QED) is 0.230. The zero-order valence-electron chi connectivity index (χ0n) is 19.3. The number of unbranched alkanes of at least 4 members (excludes halogenated alkanes) is 8. The van der Waals surface area contributed by atoms with Crippen LogP contribution in [0.4, 0.5) is 0 Å². The third-order valence-electron chi connectivity index (χ3n) is 5.29. The Morgan fingerprint density at radius 1 is 1.00 bits per heavy atom. The molecule has 0 aliphatic carbocycles. The van der Waals surface area contributed by atoms with E-state index in [1.54, 1.807) is 13.8 Å². The van der Waals surface area contributed by atoms with Crippen molar-refractivity contribution in [3.8, 4) is 0 Å². The Labute approximate surface area is 178 Å². The molecule has 0 radical (unpaired) electrons. The van der Waals surface area contributed by atoms with Gasteiger partial charge in [0.2, 0.25) is 0 Å². The minimum Gasteiger partial charge on any atom is -0.389 e. The molecule has 0 spiro atoms. The summed E-state index contributed by atoms with van der Waals surface area (Å²) in [5, 5.41) is 23.9. The molecule has 0 saturated carbocycles. The summed E-state index contributed by atoms with van der Waals surface area (Å²) >= 11 is 0. The zero-order valence-corrected chi connectivity index (χ0v) is 19.3. The fourth-order valence-electron chi connectivity index (χ4n) is 3.70. The van der Waals surface area contributed by atoms with E-state index in [2.05, 4.69) is 19.2 Å². The first kappa shape index (κ1) is 26.8. The van der Waals surface area contributed by atoms with Crippen molar-refractivity contribution in [2.45, 2.75) is 129 Å². The number of hydrogen-bond donors (Lipinski definition) is 3. The van der Waals surface area contributed by atoms with Crippen LogP contribution in [-0.2, 0) is 14.2 Å². The van der Waals surface area contributed by atoms with Gasteiger partial charge in [-0.05, 0) is 33.2 Å². The van der Waals surface area contributed by atoms with Crippen LogP contribution in [-0.4, -0.2) is 60.3 Å². The molecule has 1 aliphatic rings. The van der Waals surface area contributed by atoms with Crippen molar-refractivity contribution in [1.29, 1.82) is 0 Å². The minimum atomic E-state index is -1.27. The molecule has 6 heteroatoms. The van der Waals surface area contributed by atoms with E-state index in [9.17, 15) is 10.2 Å². The Bertz CT molecular complexity index is 388. The van der Waals surface area contributed by atoms with Gasteiger partial charge in [-0.25, -0.2) is 0 Å². The average molecular weight is 418 g/mol. The van der Waals surface area contributed by atoms with Crippen molar-refractivity contribution in [2.24, 2.45) is 0 Å². The summed E-state index contributed by atoms with van der Waals surface area (Å²) in [7, 11) is 0. The molecular weight excluding hydrogens is 370 g/mol. The van der Waals surface area contributed by atoms with Gasteiger partial charge in [-0.2, -0.15) is 0 Å². The predicted octanol–water partition coefficient (Wildman–Crippen LogP) is 4.12. The van der Waals surface area contributed by atoms with Crippen LogP contribution in [0.2, 0.25) is 0 Å². The van der Waals surface area contributed by atoms with E-state index in [1.807, 2.05) is 0 Å². The molecule has 1 saturated heterocycles. The number of nitrogens with one attached hydrogen (secondary N) is 1. The highest BCUT2D eigenvalue weighted by Gasteiger charge is 2.42. The molecule has 0 aromatic heterocycles. The maximum Gasteiger partial charge on any atom is 0.164 e. The molecule has 0 aromatic carbocycles. The first-order valence-corrected chi connectivity index (χ1v) is 11.9. The normalized spacial score (nSPS) is 23.6. The van der Waals surface area contributed by atoms with Crippen molar-refractivity contribution in [2.75, 3.05) is 19.7 Å². The summed E-state index contributed by atoms with van der Waals surface area (Å²) in [6, 6.07) is 0. The van der Waals surface area contributed by atoms with Crippen LogP contribution in [0.15, 0.2) is 0 Å². The van der Waals surface area contributed by atoms with Crippen LogP contribution >= 0.6 is 0 Å². The Kier molecular flexibility index (Phi) is 14.4. The highest BCUT2D eigenvalue weighted by molar-refractivity contribution is 4.87. The average Bonchev–Trinajstić information content (AvgIpc) is 3.04. The number of aliphatic hydroxyl groups excluding tert-OH is 1. The number of aliphatic hydroxyl groups is 2. The fourth-order valence-corrected chi connectivity index (χ4v) is 3.70. The summed E-state index contributed by atoms with van der Waals surface area (Å²) in [5.41, 5.74) is 0. The van der Waals surface area contributed by atoms with Crippen molar-refractivity contribution in [3.63, 3.8) is 0 Å². The van der Waals surface area contributed by atoms with Crippen molar-refractivity contribution >= 4 is 0 Å². The third-order valence-corrected chi connectivity index (χ3v) is 5.29. The molecule has 0 amide bonds. The lowest BCUT2D eigenvalue weighted by Gasteiger charge is -2.25. The van der Waals surface area contributed by atoms with Gasteiger partial charge in [0.25, 0.3) is 0 Å². The van der Waals surface area contributed by atoms with E-state index in [0.29, 0.717) is 19.6 Å². The molecule has 6 nitrogen and oxygen atoms in total. The lowest BCUT2D eigenvalue weighted by Crippen LogP contribution is -2.43. The molecule has 0 bridgehead atoms. The monoisotopic (exact) mass is 417 g/mol. The highest BCUT2D eigenvalue weighted by Crippen LogP contribution is 2.29. The molecule has 1 aliphatic heterocycles. The molecule has 29 heavy (non-hydrogen) atoms. The van der Waals surface area contributed by atoms with Crippen LogP contribution in [0.3, 0.4) is 0 Å². The van der Waals surface area contributed by atoms with E-state index >= 15 is 0 Å². The van der Waals surface area contributed by atoms with Crippen LogP contribution in [0.1, 0.15) is 98.3 Å². The van der Waals surface area contributed by atoms with Crippen LogP contribution < -0.4 is 5.32 Å². The predicted molar refractivity (Wildman–Crippen MR) is 117 cm³/mol. The molecule has 1 fully saturated rings. The fraction of sp³-hybridized carbons (Fsp3) is 1.00. The molecule has 1 rings (SSSR count). The smallest absolute Gasteiger partial charge is 0.164 e. The van der Waals surface area contributed by atoms with Crippen molar-refractivity contribution in [1.82, 2.24) is 5.32 Å². The second-order valence-electron chi connectivity index (χ2n) is 8.84. The summed E-state index contributed by atoms with van der Waals surface area (Å²) in [6.45, 7) is 9.65. The second-order valence-corrected chi connectivity index (χ2v) is 8.84. The number of ether oxygens (including phenoxy) is 3. The summed E-state index contributed by atoms with van der Waals surface area (Å²) in [4.78, 5) is 0. The standard InChI is InChI=1S/C23H47NO5/c1-5-7-9-11-13-15-24-18-19(25)22-20(27-16-14-12-10-8-6-2)17-21(28-22)29-23(3,4)26/h19-22,24-26H,5-18H2,1-4H3/t19-,20-,21-,22?/m1/s1. The molecule has 0 aromatic rings. The van der Waals surface area contributed by atoms with E-state index in [0.717, 1.165) is 25.8 Å². The second kappa shape index (κ2) is 15.5. The first-order valence-electron chi connectivity index (χ1n) is 11.9. The van der Waals surface area contributed by atoms with E-state index in [4.69, 9.17) is 14.2 Å². The van der Waals surface area contributed by atoms with E-state index < -0.39 is 24.3 Å². The Morgan fingerprint density at radius 3 is 2.24 bits per heavy atom. The van der Waals surface area contributed by atoms with Gasteiger partial charge in [-0.1, -0.05) is 65.2 Å². The van der Waals surface area contributed by atoms with Gasteiger partial charge >= 0.3 is 0 Å². The van der Waals surface area contributed by atoms with Gasteiger partial charge in [0.05, 0.1) is 12.2 Å². The van der Waals surface area contributed by atoms with E-state index in [1.165, 1.54) is 44.9 Å². The Morgan fingerprint density at radius 2 is 1.62 bits per heavy atom. The molecule has 1 unspecified atom stereocenters. The van der Waals surface area contributed by atoms with Crippen LogP contribution in [0.5, 0.6) is 0 Å². The van der Waals surface area contributed by atoms with Gasteiger partial charge in [0.15, 0.2) is 12.1 Å². The van der Waals surface area contributed by atoms with Gasteiger partial charge in [-0.3, -0.25) is 0 Å². The third kappa shape index (κ3) is 12.9. The van der Waals surface area contributed by atoms with Crippen molar-refractivity contribution in [3.05, 3.63) is 0 Å². The first-order chi connectivity index (χ1) is 13.9. The van der Waals surface area contributed by atoms with Gasteiger partial charge in [-0.15, -0.1) is 0 Å². The van der Waals surface area contributed by atoms with Gasteiger partial charge < -0.3 is 29.7 Å². The molecule has 4 atom stereocenters. The zero-order chi connectivity index (χ0) is 21.5. The summed E-state index contributed by atoms with van der Waals surface area (Å²) < 4.78 is 17.6. The Balaban J connectivity index is 2.39. The van der Waals surface area contributed by atoms with Gasteiger partial charge in [0, 0.05) is 19.6 Å². The van der Waals surface area contributed by atoms with E-state index in [-0.39, 0.29) is 6.10 Å². The molecule has 1 heterocycles. The topological polar surface area (TPSA) is 80.2 Å². The summed E-state index contributed by atoms with van der Waals surface area (Å²) in [5.74, 6) is -1.27. The lowest BCUT2D eigenvalue weighted by atomic mass is 10.1. The maximum atomic E-state index is 10.7. The number of rotatable bonds is 18. The summed E-state index contributed by atoms with van der Waals surface area (Å²) in [6.07, 6.45) is 10.7. The van der Waals surface area contributed by atoms with Gasteiger partial charge in [0.1, 0.15) is 6.10 Å². The molecule has 174 valence electrons. The highest BCUT2D eigenvalue weighted by atomic mass is 16.8. The van der Waals surface area contributed by atoms with Crippen molar-refractivity contribution < 1.29 is 24.4 Å². The number of hydrogen-bond acceptors (Lipinski definition) is 6. The SMILES string of the molecule is CCCCCCCNC[C@@H](O)C1O[C@H](OC(C)(C)O)C[C@H]1OCCCCCCC.